The van der Waals surface area contributed by atoms with Gasteiger partial charge in [-0.15, -0.1) is 0 Å². The lowest BCUT2D eigenvalue weighted by Crippen LogP contribution is -2.44. The smallest absolute Gasteiger partial charge is 0.168 e. The minimum Gasteiger partial charge on any atom is -0.493 e. The molecule has 0 spiro atoms. The van der Waals surface area contributed by atoms with Crippen LogP contribution in [0.25, 0.3) is 22.2 Å². The second-order valence-corrected chi connectivity index (χ2v) is 12.6. The lowest BCUT2D eigenvalue weighted by atomic mass is 9.96. The summed E-state index contributed by atoms with van der Waals surface area (Å²) in [4.78, 5) is 11.0. The van der Waals surface area contributed by atoms with Crippen molar-refractivity contribution in [2.24, 2.45) is 0 Å². The number of anilines is 2. The van der Waals surface area contributed by atoms with E-state index in [1.54, 1.807) is 0 Å². The summed E-state index contributed by atoms with van der Waals surface area (Å²) in [5, 5.41) is 45.8. The first-order valence-corrected chi connectivity index (χ1v) is 16.3. The van der Waals surface area contributed by atoms with Gasteiger partial charge in [-0.25, -0.2) is 9.97 Å². The fourth-order valence-corrected chi connectivity index (χ4v) is 6.67. The van der Waals surface area contributed by atoms with Crippen molar-refractivity contribution >= 4 is 22.7 Å². The van der Waals surface area contributed by atoms with Crippen LogP contribution in [-0.4, -0.2) is 85.4 Å². The average molecular weight is 642 g/mol. The summed E-state index contributed by atoms with van der Waals surface area (Å²) in [6.07, 6.45) is 3.56. The maximum atomic E-state index is 11.4. The Balaban J connectivity index is 1.28. The first-order valence-electron chi connectivity index (χ1n) is 16.3. The van der Waals surface area contributed by atoms with Gasteiger partial charge in [0, 0.05) is 12.1 Å². The van der Waals surface area contributed by atoms with Gasteiger partial charge in [-0.05, 0) is 69.4 Å². The van der Waals surface area contributed by atoms with Crippen LogP contribution in [0.5, 0.6) is 5.75 Å². The Hall–Kier alpha value is -4.25. The number of hydrogen-bond donors (Lipinski definition) is 5. The molecule has 2 aromatic carbocycles. The number of rotatable bonds is 12. The summed E-state index contributed by atoms with van der Waals surface area (Å²) in [6.45, 7) is 5.25. The molecule has 4 aromatic rings. The number of aliphatic hydroxyl groups excluding tert-OH is 2. The van der Waals surface area contributed by atoms with E-state index in [1.165, 1.54) is 50.2 Å². The summed E-state index contributed by atoms with van der Waals surface area (Å²) >= 11 is 0. The van der Waals surface area contributed by atoms with Crippen molar-refractivity contribution in [3.8, 4) is 22.9 Å². The number of piperidine rings is 1. The number of nitrogens with one attached hydrogen (secondary N) is 1. The number of unbranched alkanes of at least 4 members (excludes halogenated alkanes) is 1. The van der Waals surface area contributed by atoms with Crippen molar-refractivity contribution in [1.82, 2.24) is 19.4 Å². The molecule has 6 N–H and O–H groups in total. The molecule has 248 valence electrons. The molecule has 0 bridgehead atoms. The number of aliphatic hydroxyl groups is 3. The van der Waals surface area contributed by atoms with Gasteiger partial charge < -0.3 is 40.7 Å². The molecule has 0 saturated carbocycles. The van der Waals surface area contributed by atoms with Crippen LogP contribution in [0.3, 0.4) is 0 Å². The zero-order valence-corrected chi connectivity index (χ0v) is 26.7. The number of benzene rings is 2. The molecule has 47 heavy (non-hydrogen) atoms. The molecule has 12 heteroatoms. The molecular formula is C35H43N7O5. The molecule has 6 rings (SSSR count). The molecule has 2 saturated heterocycles. The van der Waals surface area contributed by atoms with Gasteiger partial charge in [-0.1, -0.05) is 48.9 Å². The second-order valence-electron chi connectivity index (χ2n) is 12.6. The number of nitriles is 1. The van der Waals surface area contributed by atoms with Crippen molar-refractivity contribution in [2.75, 3.05) is 43.9 Å². The van der Waals surface area contributed by atoms with Crippen LogP contribution >= 0.6 is 0 Å². The van der Waals surface area contributed by atoms with E-state index in [9.17, 15) is 20.6 Å². The summed E-state index contributed by atoms with van der Waals surface area (Å²) in [7, 11) is 0. The summed E-state index contributed by atoms with van der Waals surface area (Å²) in [6, 6.07) is 18.3. The third-order valence-corrected chi connectivity index (χ3v) is 9.26. The predicted octanol–water partition coefficient (Wildman–Crippen LogP) is 3.81. The minimum atomic E-state index is -1.82. The Bertz CT molecular complexity index is 1720. The maximum absolute atomic E-state index is 11.4. The largest absolute Gasteiger partial charge is 0.493 e. The van der Waals surface area contributed by atoms with Crippen molar-refractivity contribution in [2.45, 2.75) is 69.6 Å². The summed E-state index contributed by atoms with van der Waals surface area (Å²) < 4.78 is 13.9. The highest BCUT2D eigenvalue weighted by molar-refractivity contribution is 5.97. The highest BCUT2D eigenvalue weighted by Crippen LogP contribution is 2.44. The van der Waals surface area contributed by atoms with Gasteiger partial charge in [0.15, 0.2) is 11.9 Å². The van der Waals surface area contributed by atoms with Gasteiger partial charge in [0.2, 0.25) is 0 Å². The summed E-state index contributed by atoms with van der Waals surface area (Å²) in [5.41, 5.74) is 7.74. The number of nitrogens with two attached hydrogens (primary N) is 1. The minimum absolute atomic E-state index is 0.0911. The highest BCUT2D eigenvalue weighted by Gasteiger charge is 2.54. The van der Waals surface area contributed by atoms with Gasteiger partial charge in [0.1, 0.15) is 53.2 Å². The van der Waals surface area contributed by atoms with E-state index in [4.69, 9.17) is 15.2 Å². The van der Waals surface area contributed by atoms with Crippen molar-refractivity contribution in [1.29, 1.82) is 5.26 Å². The van der Waals surface area contributed by atoms with Crippen LogP contribution in [0.1, 0.15) is 56.4 Å². The van der Waals surface area contributed by atoms with Crippen LogP contribution < -0.4 is 15.8 Å². The monoisotopic (exact) mass is 641 g/mol. The number of nitrogen functional groups attached to an aromatic ring is 1. The van der Waals surface area contributed by atoms with E-state index in [2.05, 4.69) is 38.4 Å². The molecule has 2 aromatic heterocycles. The Morgan fingerprint density at radius 2 is 1.91 bits per heavy atom. The molecular weight excluding hydrogens is 598 g/mol. The fourth-order valence-electron chi connectivity index (χ4n) is 6.67. The van der Waals surface area contributed by atoms with E-state index in [0.717, 1.165) is 41.8 Å². The van der Waals surface area contributed by atoms with Crippen LogP contribution in [0.2, 0.25) is 0 Å². The van der Waals surface area contributed by atoms with Crippen LogP contribution in [0.15, 0.2) is 54.9 Å². The van der Waals surface area contributed by atoms with Gasteiger partial charge in [-0.2, -0.15) is 5.26 Å². The first kappa shape index (κ1) is 32.7. The molecule has 4 heterocycles. The fraction of sp³-hybridized carbons (Fsp3) is 0.457. The zero-order valence-electron chi connectivity index (χ0n) is 26.7. The number of fused-ring (bicyclic) bond motifs is 1. The SMILES string of the molecule is CC1(O)C(O)C(CO)OC1n1c(NCc2ccc(-c3ccccc3)c(OCCCCN3CCCCC3)c2)c(C#N)c2c(N)ncnc21. The van der Waals surface area contributed by atoms with Crippen molar-refractivity contribution in [3.05, 3.63) is 66.0 Å². The maximum Gasteiger partial charge on any atom is 0.168 e. The Labute approximate surface area is 274 Å². The van der Waals surface area contributed by atoms with Gasteiger partial charge in [0.25, 0.3) is 0 Å². The molecule has 0 radical (unpaired) electrons. The molecule has 2 fully saturated rings. The first-order chi connectivity index (χ1) is 22.8. The molecule has 0 amide bonds. The van der Waals surface area contributed by atoms with Crippen LogP contribution in [0, 0.1) is 11.3 Å². The quantitative estimate of drug-likeness (QED) is 0.142. The molecule has 4 atom stereocenters. The van der Waals surface area contributed by atoms with E-state index in [0.29, 0.717) is 12.0 Å². The van der Waals surface area contributed by atoms with E-state index >= 15 is 0 Å². The lowest BCUT2D eigenvalue weighted by molar-refractivity contribution is -0.0939. The average Bonchev–Trinajstić information content (AvgIpc) is 3.53. The normalized spacial score (nSPS) is 23.2. The van der Waals surface area contributed by atoms with Crippen LogP contribution in [-0.2, 0) is 11.3 Å². The molecule has 12 nitrogen and oxygen atoms in total. The third kappa shape index (κ3) is 6.63. The van der Waals surface area contributed by atoms with Gasteiger partial charge in [0.05, 0.1) is 18.6 Å². The standard InChI is InChI=1S/C35H43N7O5/c1-35(45)30(44)28(21-43)47-34(35)42-32(26(19-36)29-31(37)39-22-40-33(29)42)38-20-23-12-13-25(24-10-4-2-5-11-24)27(18-23)46-17-9-8-16-41-14-6-3-7-15-41/h2,4-5,10-13,18,22,28,30,34,38,43-45H,3,6-9,14-17,20-21H2,1H3,(H2,37,39,40). The number of aromatic nitrogens is 3. The van der Waals surface area contributed by atoms with Crippen molar-refractivity contribution < 1.29 is 24.8 Å². The Morgan fingerprint density at radius 3 is 2.64 bits per heavy atom. The van der Waals surface area contributed by atoms with Crippen molar-refractivity contribution in [3.63, 3.8) is 0 Å². The van der Waals surface area contributed by atoms with Gasteiger partial charge in [-0.3, -0.25) is 4.57 Å². The van der Waals surface area contributed by atoms with Crippen LogP contribution in [0.4, 0.5) is 11.6 Å². The number of ether oxygens (including phenoxy) is 2. The predicted molar refractivity (Wildman–Crippen MR) is 179 cm³/mol. The van der Waals surface area contributed by atoms with E-state index in [1.807, 2.05) is 36.4 Å². The molecule has 2 aliphatic heterocycles. The molecule has 0 aliphatic carbocycles. The third-order valence-electron chi connectivity index (χ3n) is 9.26. The van der Waals surface area contributed by atoms with E-state index in [-0.39, 0.29) is 29.4 Å². The topological polar surface area (TPSA) is 175 Å². The van der Waals surface area contributed by atoms with E-state index < -0.39 is 30.6 Å². The number of nitrogens with zero attached hydrogens (tertiary/aromatic N) is 5. The Kier molecular flexibility index (Phi) is 9.91. The lowest BCUT2D eigenvalue weighted by Gasteiger charge is -2.29. The van der Waals surface area contributed by atoms with Gasteiger partial charge >= 0.3 is 0 Å². The zero-order chi connectivity index (χ0) is 33.0. The Morgan fingerprint density at radius 1 is 1.13 bits per heavy atom. The molecule has 2 aliphatic rings. The number of hydrogen-bond acceptors (Lipinski definition) is 11. The second kappa shape index (κ2) is 14.3. The highest BCUT2D eigenvalue weighted by atomic mass is 16.6. The summed E-state index contributed by atoms with van der Waals surface area (Å²) in [5.74, 6) is 1.15. The number of likely N-dealkylation sites (tertiary alicyclic amines) is 1. The molecule has 4 unspecified atom stereocenters.